The normalized spacial score (nSPS) is 16.6. The molecule has 2 heterocycles. The summed E-state index contributed by atoms with van der Waals surface area (Å²) >= 11 is 0.973. The number of alkyl halides is 3. The van der Waals surface area contributed by atoms with Gasteiger partial charge in [-0.25, -0.2) is 8.42 Å². The molecule has 0 atom stereocenters. The Morgan fingerprint density at radius 2 is 1.77 bits per heavy atom. The molecule has 4 rings (SSSR count). The van der Waals surface area contributed by atoms with Crippen molar-refractivity contribution in [2.45, 2.75) is 17.6 Å². The fourth-order valence-electron chi connectivity index (χ4n) is 3.41. The van der Waals surface area contributed by atoms with E-state index in [0.717, 1.165) is 17.3 Å². The molecular formula is C19H19F3N4O3S2. The number of rotatable bonds is 6. The molecular weight excluding hydrogens is 453 g/mol. The lowest BCUT2D eigenvalue weighted by Gasteiger charge is -2.34. The summed E-state index contributed by atoms with van der Waals surface area (Å²) in [5.41, 5.74) is 1.73. The van der Waals surface area contributed by atoms with Gasteiger partial charge in [-0.1, -0.05) is 18.2 Å². The van der Waals surface area contributed by atoms with E-state index in [1.807, 2.05) is 0 Å². The molecule has 0 spiro atoms. The number of benzene rings is 2. The SMILES string of the molecule is O=S(=O)(c1cccc2nsnc12)N1CCN(Cc2cccc(OCC(F)(F)F)c2)CC1. The lowest BCUT2D eigenvalue weighted by atomic mass is 10.2. The topological polar surface area (TPSA) is 75.6 Å². The minimum atomic E-state index is -4.39. The van der Waals surface area contributed by atoms with E-state index < -0.39 is 22.8 Å². The summed E-state index contributed by atoms with van der Waals surface area (Å²) in [4.78, 5) is 2.21. The maximum absolute atomic E-state index is 13.1. The van der Waals surface area contributed by atoms with Crippen molar-refractivity contribution in [2.24, 2.45) is 0 Å². The Kier molecular flexibility index (Phi) is 6.15. The Morgan fingerprint density at radius 3 is 2.52 bits per heavy atom. The largest absolute Gasteiger partial charge is 0.484 e. The molecule has 7 nitrogen and oxygen atoms in total. The molecule has 1 fully saturated rings. The first-order valence-corrected chi connectivity index (χ1v) is 11.6. The van der Waals surface area contributed by atoms with Crippen LogP contribution in [0, 0.1) is 0 Å². The quantitative estimate of drug-likeness (QED) is 0.549. The zero-order valence-corrected chi connectivity index (χ0v) is 17.9. The van der Waals surface area contributed by atoms with Crippen LogP contribution >= 0.6 is 11.7 Å². The van der Waals surface area contributed by atoms with Crippen molar-refractivity contribution < 1.29 is 26.3 Å². The third kappa shape index (κ3) is 5.14. The molecule has 1 aromatic heterocycles. The summed E-state index contributed by atoms with van der Waals surface area (Å²) in [5, 5.41) is 0. The zero-order valence-electron chi connectivity index (χ0n) is 16.2. The number of fused-ring (bicyclic) bond motifs is 1. The van der Waals surface area contributed by atoms with Crippen LogP contribution in [-0.4, -0.2) is 65.3 Å². The van der Waals surface area contributed by atoms with Crippen LogP contribution in [0.25, 0.3) is 11.0 Å². The van der Waals surface area contributed by atoms with Crippen LogP contribution in [0.1, 0.15) is 5.56 Å². The molecule has 0 aliphatic carbocycles. The fourth-order valence-corrected chi connectivity index (χ4v) is 5.59. The summed E-state index contributed by atoms with van der Waals surface area (Å²) in [7, 11) is -3.70. The molecule has 2 aromatic carbocycles. The fraction of sp³-hybridized carbons (Fsp3) is 0.368. The van der Waals surface area contributed by atoms with E-state index in [9.17, 15) is 21.6 Å². The number of hydrogen-bond donors (Lipinski definition) is 0. The number of nitrogens with zero attached hydrogens (tertiary/aromatic N) is 4. The van der Waals surface area contributed by atoms with Gasteiger partial charge in [0.05, 0.1) is 11.7 Å². The van der Waals surface area contributed by atoms with Crippen molar-refractivity contribution in [3.05, 3.63) is 48.0 Å². The number of aromatic nitrogens is 2. The minimum Gasteiger partial charge on any atom is -0.484 e. The average molecular weight is 473 g/mol. The van der Waals surface area contributed by atoms with Gasteiger partial charge in [-0.05, 0) is 29.8 Å². The smallest absolute Gasteiger partial charge is 0.422 e. The van der Waals surface area contributed by atoms with Crippen molar-refractivity contribution in [3.63, 3.8) is 0 Å². The number of sulfonamides is 1. The van der Waals surface area contributed by atoms with E-state index in [4.69, 9.17) is 4.74 Å². The summed E-state index contributed by atoms with van der Waals surface area (Å²) in [5.74, 6) is 0.154. The van der Waals surface area contributed by atoms with Crippen LogP contribution < -0.4 is 4.74 Å². The summed E-state index contributed by atoms with van der Waals surface area (Å²) in [6, 6.07) is 11.4. The summed E-state index contributed by atoms with van der Waals surface area (Å²) in [6.45, 7) is 0.758. The molecule has 1 saturated heterocycles. The van der Waals surface area contributed by atoms with Gasteiger partial charge in [-0.2, -0.15) is 26.2 Å². The number of ether oxygens (including phenoxy) is 1. The molecule has 1 aliphatic rings. The van der Waals surface area contributed by atoms with Gasteiger partial charge in [0, 0.05) is 32.7 Å². The Morgan fingerprint density at radius 1 is 1.03 bits per heavy atom. The Balaban J connectivity index is 1.38. The average Bonchev–Trinajstić information content (AvgIpc) is 3.21. The van der Waals surface area contributed by atoms with Gasteiger partial charge >= 0.3 is 6.18 Å². The van der Waals surface area contributed by atoms with E-state index in [2.05, 4.69) is 13.6 Å². The van der Waals surface area contributed by atoms with Crippen LogP contribution in [0.15, 0.2) is 47.4 Å². The van der Waals surface area contributed by atoms with Crippen LogP contribution in [0.5, 0.6) is 5.75 Å². The van der Waals surface area contributed by atoms with Gasteiger partial charge in [-0.15, -0.1) is 0 Å². The first-order valence-electron chi connectivity index (χ1n) is 9.45. The summed E-state index contributed by atoms with van der Waals surface area (Å²) in [6.07, 6.45) is -4.39. The predicted molar refractivity (Wildman–Crippen MR) is 109 cm³/mol. The van der Waals surface area contributed by atoms with Gasteiger partial charge in [-0.3, -0.25) is 4.90 Å². The molecule has 0 saturated carbocycles. The molecule has 3 aromatic rings. The Bertz CT molecular complexity index is 1160. The molecule has 166 valence electrons. The minimum absolute atomic E-state index is 0.154. The van der Waals surface area contributed by atoms with Crippen molar-refractivity contribution >= 4 is 32.8 Å². The number of hydrogen-bond acceptors (Lipinski definition) is 7. The van der Waals surface area contributed by atoms with E-state index >= 15 is 0 Å². The van der Waals surface area contributed by atoms with Crippen LogP contribution in [0.3, 0.4) is 0 Å². The van der Waals surface area contributed by atoms with E-state index in [-0.39, 0.29) is 10.6 Å². The second-order valence-electron chi connectivity index (χ2n) is 7.12. The second-order valence-corrected chi connectivity index (χ2v) is 9.55. The number of halogens is 3. The maximum Gasteiger partial charge on any atom is 0.422 e. The van der Waals surface area contributed by atoms with Crippen molar-refractivity contribution in [1.82, 2.24) is 18.0 Å². The van der Waals surface area contributed by atoms with Gasteiger partial charge < -0.3 is 4.74 Å². The third-order valence-corrected chi connectivity index (χ3v) is 7.38. The third-order valence-electron chi connectivity index (χ3n) is 4.91. The standard InChI is InChI=1S/C19H19F3N4O3S2/c20-19(21,22)13-29-15-4-1-3-14(11-15)12-25-7-9-26(10-8-25)31(27,28)17-6-2-5-16-18(17)24-30-23-16/h1-6,11H,7-10,12-13H2. The van der Waals surface area contributed by atoms with Crippen molar-refractivity contribution in [1.29, 1.82) is 0 Å². The van der Waals surface area contributed by atoms with E-state index in [1.165, 1.54) is 16.4 Å². The molecule has 0 unspecified atom stereocenters. The molecule has 0 bridgehead atoms. The number of piperazine rings is 1. The van der Waals surface area contributed by atoms with E-state index in [1.54, 1.807) is 30.3 Å². The van der Waals surface area contributed by atoms with Crippen molar-refractivity contribution in [2.75, 3.05) is 32.8 Å². The zero-order chi connectivity index (χ0) is 22.1. The van der Waals surface area contributed by atoms with Crippen LogP contribution in [0.2, 0.25) is 0 Å². The molecule has 31 heavy (non-hydrogen) atoms. The highest BCUT2D eigenvalue weighted by Crippen LogP contribution is 2.26. The lowest BCUT2D eigenvalue weighted by Crippen LogP contribution is -2.48. The van der Waals surface area contributed by atoms with Crippen LogP contribution in [0.4, 0.5) is 13.2 Å². The molecule has 0 radical (unpaired) electrons. The molecule has 0 amide bonds. The monoisotopic (exact) mass is 472 g/mol. The van der Waals surface area contributed by atoms with Gasteiger partial charge in [0.2, 0.25) is 10.0 Å². The Hall–Kier alpha value is -2.28. The highest BCUT2D eigenvalue weighted by molar-refractivity contribution is 7.89. The molecule has 1 aliphatic heterocycles. The first-order chi connectivity index (χ1) is 14.7. The lowest BCUT2D eigenvalue weighted by molar-refractivity contribution is -0.153. The van der Waals surface area contributed by atoms with E-state index in [0.29, 0.717) is 43.8 Å². The molecule has 12 heteroatoms. The second kappa shape index (κ2) is 8.69. The Labute approximate surface area is 181 Å². The highest BCUT2D eigenvalue weighted by atomic mass is 32.2. The van der Waals surface area contributed by atoms with Crippen molar-refractivity contribution in [3.8, 4) is 5.75 Å². The van der Waals surface area contributed by atoms with Gasteiger partial charge in [0.15, 0.2) is 6.61 Å². The first kappa shape index (κ1) is 21.9. The molecule has 0 N–H and O–H groups in total. The maximum atomic E-state index is 13.1. The highest BCUT2D eigenvalue weighted by Gasteiger charge is 2.31. The van der Waals surface area contributed by atoms with Crippen LogP contribution in [-0.2, 0) is 16.6 Å². The predicted octanol–water partition coefficient (Wildman–Crippen LogP) is 3.14. The summed E-state index contributed by atoms with van der Waals surface area (Å²) < 4.78 is 77.7. The van der Waals surface area contributed by atoms with Gasteiger partial charge in [0.1, 0.15) is 21.7 Å². The van der Waals surface area contributed by atoms with Gasteiger partial charge in [0.25, 0.3) is 0 Å².